The Kier molecular flexibility index (Phi) is 3.21. The van der Waals surface area contributed by atoms with Crippen molar-refractivity contribution in [1.29, 1.82) is 0 Å². The van der Waals surface area contributed by atoms with Gasteiger partial charge in [-0.1, -0.05) is 25.8 Å². The van der Waals surface area contributed by atoms with E-state index in [2.05, 4.69) is 0 Å². The van der Waals surface area contributed by atoms with Gasteiger partial charge in [-0.2, -0.15) is 0 Å². The van der Waals surface area contributed by atoms with Gasteiger partial charge < -0.3 is 5.11 Å². The zero-order chi connectivity index (χ0) is 12.6. The van der Waals surface area contributed by atoms with E-state index in [4.69, 9.17) is 0 Å². The summed E-state index contributed by atoms with van der Waals surface area (Å²) in [5, 5.41) is 10.3. The normalized spacial score (nSPS) is 20.5. The molecule has 0 heterocycles. The molecule has 1 atom stereocenters. The van der Waals surface area contributed by atoms with Gasteiger partial charge in [0.05, 0.1) is 11.7 Å². The van der Waals surface area contributed by atoms with E-state index in [0.29, 0.717) is 5.56 Å². The fraction of sp³-hybridized carbons (Fsp3) is 0.571. The van der Waals surface area contributed by atoms with Gasteiger partial charge in [0, 0.05) is 0 Å². The quantitative estimate of drug-likeness (QED) is 0.831. The van der Waals surface area contributed by atoms with Crippen molar-refractivity contribution in [1.82, 2.24) is 0 Å². The van der Waals surface area contributed by atoms with E-state index in [9.17, 15) is 13.9 Å². The Balaban J connectivity index is 2.43. The summed E-state index contributed by atoms with van der Waals surface area (Å²) >= 11 is 0. The topological polar surface area (TPSA) is 20.2 Å². The number of halogens is 2. The smallest absolute Gasteiger partial charge is 0.134 e. The molecule has 1 aliphatic carbocycles. The Morgan fingerprint density at radius 2 is 1.82 bits per heavy atom. The number of aliphatic hydroxyl groups excluding tert-OH is 1. The van der Waals surface area contributed by atoms with Crippen molar-refractivity contribution in [3.05, 3.63) is 34.9 Å². The molecule has 0 radical (unpaired) electrons. The highest BCUT2D eigenvalue weighted by atomic mass is 19.1. The molecule has 0 saturated heterocycles. The number of rotatable bonds is 2. The molecule has 2 rings (SSSR count). The Morgan fingerprint density at radius 1 is 1.24 bits per heavy atom. The van der Waals surface area contributed by atoms with E-state index < -0.39 is 23.2 Å². The van der Waals surface area contributed by atoms with Gasteiger partial charge in [-0.25, -0.2) is 8.78 Å². The largest absolute Gasteiger partial charge is 0.388 e. The molecule has 1 fully saturated rings. The molecule has 0 spiro atoms. The SMILES string of the molecule is Cc1ccc(F)c(C(O)C2(C)CCCC2)c1F. The first kappa shape index (κ1) is 12.5. The molecule has 1 aromatic rings. The minimum absolute atomic E-state index is 0.158. The van der Waals surface area contributed by atoms with Gasteiger partial charge in [0.2, 0.25) is 0 Å². The zero-order valence-corrected chi connectivity index (χ0v) is 10.3. The van der Waals surface area contributed by atoms with Gasteiger partial charge in [0.25, 0.3) is 0 Å². The monoisotopic (exact) mass is 240 g/mol. The molecule has 0 amide bonds. The third-order valence-corrected chi connectivity index (χ3v) is 4.00. The number of benzene rings is 1. The molecule has 0 aliphatic heterocycles. The van der Waals surface area contributed by atoms with Crippen LogP contribution in [0.4, 0.5) is 8.78 Å². The number of aryl methyl sites for hydroxylation is 1. The molecule has 1 saturated carbocycles. The maximum atomic E-state index is 13.9. The second kappa shape index (κ2) is 4.37. The maximum absolute atomic E-state index is 13.9. The summed E-state index contributed by atoms with van der Waals surface area (Å²) in [4.78, 5) is 0. The first-order valence-corrected chi connectivity index (χ1v) is 6.08. The highest BCUT2D eigenvalue weighted by Gasteiger charge is 2.39. The van der Waals surface area contributed by atoms with Gasteiger partial charge in [-0.05, 0) is 36.8 Å². The third-order valence-electron chi connectivity index (χ3n) is 4.00. The first-order chi connectivity index (χ1) is 7.96. The Hall–Kier alpha value is -0.960. The molecule has 0 bridgehead atoms. The molecule has 1 N–H and O–H groups in total. The standard InChI is InChI=1S/C14H18F2O/c1-9-5-6-10(15)11(12(9)16)13(17)14(2)7-3-4-8-14/h5-6,13,17H,3-4,7-8H2,1-2H3. The van der Waals surface area contributed by atoms with E-state index in [1.54, 1.807) is 6.92 Å². The fourth-order valence-corrected chi connectivity index (χ4v) is 2.73. The molecule has 3 heteroatoms. The lowest BCUT2D eigenvalue weighted by Crippen LogP contribution is -2.24. The van der Waals surface area contributed by atoms with Crippen molar-refractivity contribution < 1.29 is 13.9 Å². The van der Waals surface area contributed by atoms with Gasteiger partial charge in [0.1, 0.15) is 11.6 Å². The van der Waals surface area contributed by atoms with E-state index in [1.165, 1.54) is 12.1 Å². The summed E-state index contributed by atoms with van der Waals surface area (Å²) in [7, 11) is 0. The number of aliphatic hydroxyl groups is 1. The second-order valence-electron chi connectivity index (χ2n) is 5.36. The fourth-order valence-electron chi connectivity index (χ4n) is 2.73. The van der Waals surface area contributed by atoms with Crippen LogP contribution in [0.15, 0.2) is 12.1 Å². The molecule has 1 unspecified atom stereocenters. The lowest BCUT2D eigenvalue weighted by atomic mass is 9.78. The molecule has 17 heavy (non-hydrogen) atoms. The average Bonchev–Trinajstić information content (AvgIpc) is 2.72. The molecule has 1 aromatic carbocycles. The molecule has 94 valence electrons. The van der Waals surface area contributed by atoms with Gasteiger partial charge >= 0.3 is 0 Å². The number of hydrogen-bond acceptors (Lipinski definition) is 1. The summed E-state index contributed by atoms with van der Waals surface area (Å²) in [5.41, 5.74) is -0.174. The highest BCUT2D eigenvalue weighted by molar-refractivity contribution is 5.29. The minimum atomic E-state index is -1.05. The van der Waals surface area contributed by atoms with E-state index >= 15 is 0 Å². The zero-order valence-electron chi connectivity index (χ0n) is 10.3. The predicted octanol–water partition coefficient (Wildman–Crippen LogP) is 3.89. The van der Waals surface area contributed by atoms with Gasteiger partial charge in [0.15, 0.2) is 0 Å². The first-order valence-electron chi connectivity index (χ1n) is 6.08. The average molecular weight is 240 g/mol. The minimum Gasteiger partial charge on any atom is -0.388 e. The molecular weight excluding hydrogens is 222 g/mol. The van der Waals surface area contributed by atoms with Crippen molar-refractivity contribution in [3.63, 3.8) is 0 Å². The van der Waals surface area contributed by atoms with E-state index in [-0.39, 0.29) is 5.56 Å². The Bertz CT molecular complexity index is 422. The van der Waals surface area contributed by atoms with Crippen LogP contribution in [0.25, 0.3) is 0 Å². The van der Waals surface area contributed by atoms with Crippen molar-refractivity contribution in [2.45, 2.75) is 45.6 Å². The van der Waals surface area contributed by atoms with Crippen LogP contribution in [-0.2, 0) is 0 Å². The van der Waals surface area contributed by atoms with Crippen molar-refractivity contribution >= 4 is 0 Å². The Labute approximate surface area is 100 Å². The summed E-state index contributed by atoms with van der Waals surface area (Å²) < 4.78 is 27.6. The van der Waals surface area contributed by atoms with Gasteiger partial charge in [-0.15, -0.1) is 0 Å². The third kappa shape index (κ3) is 2.08. The molecule has 1 nitrogen and oxygen atoms in total. The number of hydrogen-bond donors (Lipinski definition) is 1. The Morgan fingerprint density at radius 3 is 2.41 bits per heavy atom. The molecule has 1 aliphatic rings. The van der Waals surface area contributed by atoms with Crippen LogP contribution in [0.2, 0.25) is 0 Å². The van der Waals surface area contributed by atoms with Crippen molar-refractivity contribution in [3.8, 4) is 0 Å². The van der Waals surface area contributed by atoms with Crippen LogP contribution >= 0.6 is 0 Å². The summed E-state index contributed by atoms with van der Waals surface area (Å²) in [6.07, 6.45) is 2.62. The van der Waals surface area contributed by atoms with Crippen molar-refractivity contribution in [2.75, 3.05) is 0 Å². The van der Waals surface area contributed by atoms with Crippen molar-refractivity contribution in [2.24, 2.45) is 5.41 Å². The van der Waals surface area contributed by atoms with Crippen LogP contribution in [-0.4, -0.2) is 5.11 Å². The molecular formula is C14H18F2O. The summed E-state index contributed by atoms with van der Waals surface area (Å²) in [6.45, 7) is 3.49. The van der Waals surface area contributed by atoms with E-state index in [1.807, 2.05) is 6.92 Å². The van der Waals surface area contributed by atoms with Crippen LogP contribution in [0.3, 0.4) is 0 Å². The van der Waals surface area contributed by atoms with Crippen LogP contribution in [0, 0.1) is 24.0 Å². The maximum Gasteiger partial charge on any atom is 0.134 e. The van der Waals surface area contributed by atoms with Crippen LogP contribution < -0.4 is 0 Å². The lowest BCUT2D eigenvalue weighted by molar-refractivity contribution is 0.0348. The van der Waals surface area contributed by atoms with Crippen LogP contribution in [0.5, 0.6) is 0 Å². The summed E-state index contributed by atoms with van der Waals surface area (Å²) in [5.74, 6) is -1.25. The summed E-state index contributed by atoms with van der Waals surface area (Å²) in [6, 6.07) is 2.63. The predicted molar refractivity (Wildman–Crippen MR) is 62.6 cm³/mol. The lowest BCUT2D eigenvalue weighted by Gasteiger charge is -2.31. The van der Waals surface area contributed by atoms with Gasteiger partial charge in [-0.3, -0.25) is 0 Å². The highest BCUT2D eigenvalue weighted by Crippen LogP contribution is 2.48. The molecule has 0 aromatic heterocycles. The second-order valence-corrected chi connectivity index (χ2v) is 5.36. The van der Waals surface area contributed by atoms with Crippen LogP contribution in [0.1, 0.15) is 49.8 Å². The van der Waals surface area contributed by atoms with E-state index in [0.717, 1.165) is 25.7 Å².